The molecule has 0 radical (unpaired) electrons. The van der Waals surface area contributed by atoms with Crippen molar-refractivity contribution in [3.8, 4) is 0 Å². The van der Waals surface area contributed by atoms with E-state index < -0.39 is 17.7 Å². The number of carboxylic acid groups (broad SMARTS) is 1. The van der Waals surface area contributed by atoms with E-state index in [2.05, 4.69) is 10.6 Å². The van der Waals surface area contributed by atoms with Gasteiger partial charge in [-0.15, -0.1) is 0 Å². The Labute approximate surface area is 130 Å². The third-order valence-corrected chi connectivity index (χ3v) is 2.28. The molecule has 2 amide bonds. The van der Waals surface area contributed by atoms with Crippen LogP contribution in [0.15, 0.2) is 0 Å². The van der Waals surface area contributed by atoms with Crippen molar-refractivity contribution in [1.29, 1.82) is 0 Å². The molecule has 128 valence electrons. The summed E-state index contributed by atoms with van der Waals surface area (Å²) in [4.78, 5) is 32.9. The van der Waals surface area contributed by atoms with Crippen LogP contribution in [0.25, 0.3) is 0 Å². The minimum atomic E-state index is -0.909. The number of carbonyl (C=O) groups excluding carboxylic acids is 2. The van der Waals surface area contributed by atoms with Crippen LogP contribution in [0.2, 0.25) is 0 Å². The number of amides is 2. The van der Waals surface area contributed by atoms with Gasteiger partial charge in [0.05, 0.1) is 13.2 Å². The van der Waals surface area contributed by atoms with E-state index in [0.29, 0.717) is 32.7 Å². The SMILES string of the molecule is CC(C)(C)OC(=O)NCCOCCNC(=O)CCCC(=O)O. The van der Waals surface area contributed by atoms with Crippen LogP contribution in [-0.4, -0.2) is 55.0 Å². The quantitative estimate of drug-likeness (QED) is 0.516. The summed E-state index contributed by atoms with van der Waals surface area (Å²) in [7, 11) is 0. The lowest BCUT2D eigenvalue weighted by molar-refractivity contribution is -0.137. The fourth-order valence-electron chi connectivity index (χ4n) is 1.39. The topological polar surface area (TPSA) is 114 Å². The van der Waals surface area contributed by atoms with Gasteiger partial charge in [-0.05, 0) is 27.2 Å². The second kappa shape index (κ2) is 10.8. The summed E-state index contributed by atoms with van der Waals surface area (Å²) in [5, 5.41) is 13.6. The third kappa shape index (κ3) is 14.6. The lowest BCUT2D eigenvalue weighted by Gasteiger charge is -2.19. The van der Waals surface area contributed by atoms with E-state index in [9.17, 15) is 14.4 Å². The Morgan fingerprint density at radius 3 is 2.14 bits per heavy atom. The Hall–Kier alpha value is -1.83. The van der Waals surface area contributed by atoms with Crippen LogP contribution >= 0.6 is 0 Å². The molecule has 0 fully saturated rings. The maximum atomic E-state index is 11.3. The molecular weight excluding hydrogens is 292 g/mol. The highest BCUT2D eigenvalue weighted by molar-refractivity contribution is 5.76. The molecule has 8 heteroatoms. The number of aliphatic carboxylic acids is 1. The van der Waals surface area contributed by atoms with Gasteiger partial charge in [0.1, 0.15) is 5.60 Å². The van der Waals surface area contributed by atoms with Gasteiger partial charge in [0, 0.05) is 25.9 Å². The summed E-state index contributed by atoms with van der Waals surface area (Å²) in [6.07, 6.45) is -0.00275. The standard InChI is InChI=1S/C14H26N2O6/c1-14(2,3)22-13(20)16-8-10-21-9-7-15-11(17)5-4-6-12(18)19/h4-10H2,1-3H3,(H,15,17)(H,16,20)(H,18,19). The molecule has 0 aliphatic carbocycles. The van der Waals surface area contributed by atoms with Crippen LogP contribution in [0.1, 0.15) is 40.0 Å². The monoisotopic (exact) mass is 318 g/mol. The van der Waals surface area contributed by atoms with E-state index in [0.717, 1.165) is 0 Å². The molecular formula is C14H26N2O6. The zero-order chi connectivity index (χ0) is 17.0. The Kier molecular flexibility index (Phi) is 9.93. The number of carbonyl (C=O) groups is 3. The summed E-state index contributed by atoms with van der Waals surface area (Å²) in [6.45, 7) is 6.64. The largest absolute Gasteiger partial charge is 0.481 e. The van der Waals surface area contributed by atoms with Gasteiger partial charge in [-0.3, -0.25) is 9.59 Å². The van der Waals surface area contributed by atoms with Gasteiger partial charge in [0.2, 0.25) is 5.91 Å². The van der Waals surface area contributed by atoms with Gasteiger partial charge < -0.3 is 25.2 Å². The maximum Gasteiger partial charge on any atom is 0.407 e. The second-order valence-corrected chi connectivity index (χ2v) is 5.64. The fraction of sp³-hybridized carbons (Fsp3) is 0.786. The van der Waals surface area contributed by atoms with Crippen molar-refractivity contribution in [2.24, 2.45) is 0 Å². The van der Waals surface area contributed by atoms with Crippen LogP contribution in [0.3, 0.4) is 0 Å². The lowest BCUT2D eigenvalue weighted by Crippen LogP contribution is -2.34. The molecule has 0 unspecified atom stereocenters. The van der Waals surface area contributed by atoms with E-state index in [-0.39, 0.29) is 18.7 Å². The minimum Gasteiger partial charge on any atom is -0.481 e. The van der Waals surface area contributed by atoms with Crippen molar-refractivity contribution in [3.05, 3.63) is 0 Å². The first-order valence-corrected chi connectivity index (χ1v) is 7.24. The molecule has 0 aliphatic rings. The van der Waals surface area contributed by atoms with Gasteiger partial charge in [-0.25, -0.2) is 4.79 Å². The second-order valence-electron chi connectivity index (χ2n) is 5.64. The highest BCUT2D eigenvalue weighted by Gasteiger charge is 2.15. The molecule has 0 aliphatic heterocycles. The molecule has 22 heavy (non-hydrogen) atoms. The number of hydrogen-bond donors (Lipinski definition) is 3. The third-order valence-electron chi connectivity index (χ3n) is 2.28. The van der Waals surface area contributed by atoms with Crippen LogP contribution in [0.4, 0.5) is 4.79 Å². The van der Waals surface area contributed by atoms with Crippen molar-refractivity contribution in [2.45, 2.75) is 45.6 Å². The number of hydrogen-bond acceptors (Lipinski definition) is 5. The number of alkyl carbamates (subject to hydrolysis) is 1. The number of rotatable bonds is 10. The molecule has 0 saturated carbocycles. The van der Waals surface area contributed by atoms with Crippen molar-refractivity contribution in [2.75, 3.05) is 26.3 Å². The van der Waals surface area contributed by atoms with Gasteiger partial charge in [0.25, 0.3) is 0 Å². The van der Waals surface area contributed by atoms with E-state index in [1.807, 2.05) is 0 Å². The van der Waals surface area contributed by atoms with Gasteiger partial charge in [-0.1, -0.05) is 0 Å². The van der Waals surface area contributed by atoms with Gasteiger partial charge >= 0.3 is 12.1 Å². The molecule has 0 spiro atoms. The first kappa shape index (κ1) is 20.2. The van der Waals surface area contributed by atoms with Crippen molar-refractivity contribution in [1.82, 2.24) is 10.6 Å². The summed E-state index contributed by atoms with van der Waals surface area (Å²) < 4.78 is 10.3. The molecule has 0 saturated heterocycles. The number of nitrogens with one attached hydrogen (secondary N) is 2. The zero-order valence-electron chi connectivity index (χ0n) is 13.4. The molecule has 0 aromatic carbocycles. The summed E-state index contributed by atoms with van der Waals surface area (Å²) in [5.41, 5.74) is -0.532. The maximum absolute atomic E-state index is 11.3. The number of carboxylic acids is 1. The zero-order valence-corrected chi connectivity index (χ0v) is 13.4. The van der Waals surface area contributed by atoms with Gasteiger partial charge in [-0.2, -0.15) is 0 Å². The average molecular weight is 318 g/mol. The van der Waals surface area contributed by atoms with E-state index >= 15 is 0 Å². The first-order valence-electron chi connectivity index (χ1n) is 7.24. The van der Waals surface area contributed by atoms with Crippen molar-refractivity contribution in [3.63, 3.8) is 0 Å². The van der Waals surface area contributed by atoms with Crippen LogP contribution < -0.4 is 10.6 Å². The number of ether oxygens (including phenoxy) is 2. The highest BCUT2D eigenvalue weighted by atomic mass is 16.6. The van der Waals surface area contributed by atoms with Crippen LogP contribution in [0.5, 0.6) is 0 Å². The summed E-state index contributed by atoms with van der Waals surface area (Å²) >= 11 is 0. The van der Waals surface area contributed by atoms with E-state index in [1.165, 1.54) is 0 Å². The van der Waals surface area contributed by atoms with Crippen LogP contribution in [-0.2, 0) is 19.1 Å². The van der Waals surface area contributed by atoms with Crippen molar-refractivity contribution >= 4 is 18.0 Å². The molecule has 0 aromatic heterocycles. The fourth-order valence-corrected chi connectivity index (χ4v) is 1.39. The van der Waals surface area contributed by atoms with Crippen LogP contribution in [0, 0.1) is 0 Å². The van der Waals surface area contributed by atoms with Crippen molar-refractivity contribution < 1.29 is 29.0 Å². The Morgan fingerprint density at radius 1 is 1.00 bits per heavy atom. The lowest BCUT2D eigenvalue weighted by atomic mass is 10.2. The molecule has 8 nitrogen and oxygen atoms in total. The predicted octanol–water partition coefficient (Wildman–Crippen LogP) is 0.899. The molecule has 3 N–H and O–H groups in total. The summed E-state index contributed by atoms with van der Waals surface area (Å²) in [6, 6.07) is 0. The smallest absolute Gasteiger partial charge is 0.407 e. The molecule has 0 heterocycles. The predicted molar refractivity (Wildman–Crippen MR) is 79.6 cm³/mol. The Bertz CT molecular complexity index is 365. The van der Waals surface area contributed by atoms with E-state index in [1.54, 1.807) is 20.8 Å². The molecule has 0 bridgehead atoms. The molecule has 0 aromatic rings. The highest BCUT2D eigenvalue weighted by Crippen LogP contribution is 2.05. The Balaban J connectivity index is 3.41. The van der Waals surface area contributed by atoms with Gasteiger partial charge in [0.15, 0.2) is 0 Å². The van der Waals surface area contributed by atoms with E-state index in [4.69, 9.17) is 14.6 Å². The average Bonchev–Trinajstić information content (AvgIpc) is 2.35. The molecule has 0 rings (SSSR count). The Morgan fingerprint density at radius 2 is 1.59 bits per heavy atom. The molecule has 0 atom stereocenters. The summed E-state index contributed by atoms with van der Waals surface area (Å²) in [5.74, 6) is -1.11. The minimum absolute atomic E-state index is 0.0136. The normalized spacial score (nSPS) is 10.9. The first-order chi connectivity index (χ1) is 10.2.